The summed E-state index contributed by atoms with van der Waals surface area (Å²) in [4.78, 5) is 0. The second-order valence-electron chi connectivity index (χ2n) is 4.76. The summed E-state index contributed by atoms with van der Waals surface area (Å²) in [5, 5.41) is 9.52. The average molecular weight is 384 g/mol. The van der Waals surface area contributed by atoms with Gasteiger partial charge >= 0.3 is 10.2 Å². The van der Waals surface area contributed by atoms with E-state index in [1.54, 1.807) is 18.2 Å². The van der Waals surface area contributed by atoms with Crippen molar-refractivity contribution in [1.82, 2.24) is 4.31 Å². The predicted molar refractivity (Wildman–Crippen MR) is 83.1 cm³/mol. The largest absolute Gasteiger partial charge is 0.396 e. The van der Waals surface area contributed by atoms with Gasteiger partial charge in [0.1, 0.15) is 0 Å². The van der Waals surface area contributed by atoms with E-state index in [0.717, 1.165) is 0 Å². The molecule has 0 bridgehead atoms. The molecule has 0 spiro atoms. The molecule has 1 heterocycles. The first-order valence-electron chi connectivity index (χ1n) is 6.26. The number of anilines is 1. The summed E-state index contributed by atoms with van der Waals surface area (Å²) in [5.74, 6) is 0.198. The molecule has 0 amide bonds. The summed E-state index contributed by atoms with van der Waals surface area (Å²) in [7, 11) is -3.57. The summed E-state index contributed by atoms with van der Waals surface area (Å²) < 4.78 is 29.1. The minimum Gasteiger partial charge on any atom is -0.396 e. The van der Waals surface area contributed by atoms with Crippen molar-refractivity contribution in [2.45, 2.75) is 12.8 Å². The van der Waals surface area contributed by atoms with Crippen molar-refractivity contribution in [1.29, 1.82) is 0 Å². The lowest BCUT2D eigenvalue weighted by Gasteiger charge is -2.30. The Bertz CT molecular complexity index is 574. The Morgan fingerprint density at radius 1 is 1.40 bits per heavy atom. The van der Waals surface area contributed by atoms with E-state index < -0.39 is 10.2 Å². The average Bonchev–Trinajstić information content (AvgIpc) is 2.43. The maximum atomic E-state index is 12.2. The second kappa shape index (κ2) is 6.62. The summed E-state index contributed by atoms with van der Waals surface area (Å²) in [6.45, 7) is 0.958. The van der Waals surface area contributed by atoms with Crippen LogP contribution in [-0.2, 0) is 10.2 Å². The van der Waals surface area contributed by atoms with Crippen LogP contribution >= 0.6 is 27.5 Å². The van der Waals surface area contributed by atoms with Crippen molar-refractivity contribution in [3.05, 3.63) is 27.7 Å². The highest BCUT2D eigenvalue weighted by molar-refractivity contribution is 9.10. The van der Waals surface area contributed by atoms with E-state index in [1.807, 2.05) is 0 Å². The molecule has 1 aliphatic heterocycles. The highest BCUT2D eigenvalue weighted by atomic mass is 79.9. The van der Waals surface area contributed by atoms with Crippen molar-refractivity contribution in [2.75, 3.05) is 24.4 Å². The van der Waals surface area contributed by atoms with Crippen molar-refractivity contribution >= 4 is 43.4 Å². The normalized spacial score (nSPS) is 18.1. The summed E-state index contributed by atoms with van der Waals surface area (Å²) in [6, 6.07) is 4.90. The zero-order valence-electron chi connectivity index (χ0n) is 10.7. The molecule has 2 rings (SSSR count). The van der Waals surface area contributed by atoms with E-state index in [1.165, 1.54) is 4.31 Å². The fourth-order valence-corrected chi connectivity index (χ4v) is 3.78. The van der Waals surface area contributed by atoms with Gasteiger partial charge in [-0.2, -0.15) is 12.7 Å². The molecule has 5 nitrogen and oxygen atoms in total. The van der Waals surface area contributed by atoms with Crippen molar-refractivity contribution < 1.29 is 13.5 Å². The van der Waals surface area contributed by atoms with Crippen LogP contribution in [0.25, 0.3) is 0 Å². The fourth-order valence-electron chi connectivity index (χ4n) is 2.11. The first-order chi connectivity index (χ1) is 9.42. The second-order valence-corrected chi connectivity index (χ2v) is 7.69. The van der Waals surface area contributed by atoms with Crippen LogP contribution in [0.1, 0.15) is 12.8 Å². The Morgan fingerprint density at radius 2 is 2.05 bits per heavy atom. The van der Waals surface area contributed by atoms with Crippen LogP contribution in [-0.4, -0.2) is 37.5 Å². The maximum Gasteiger partial charge on any atom is 0.301 e. The van der Waals surface area contributed by atoms with Gasteiger partial charge in [0.15, 0.2) is 0 Å². The molecule has 1 saturated heterocycles. The lowest BCUT2D eigenvalue weighted by atomic mass is 10.00. The molecular weight excluding hydrogens is 368 g/mol. The van der Waals surface area contributed by atoms with Gasteiger partial charge in [-0.05, 0) is 52.9 Å². The van der Waals surface area contributed by atoms with Gasteiger partial charge in [-0.3, -0.25) is 4.72 Å². The predicted octanol–water partition coefficient (Wildman–Crippen LogP) is 2.46. The van der Waals surface area contributed by atoms with Crippen LogP contribution in [0.5, 0.6) is 0 Å². The van der Waals surface area contributed by atoms with Gasteiger partial charge in [-0.15, -0.1) is 0 Å². The minimum absolute atomic E-state index is 0.115. The lowest BCUT2D eigenvalue weighted by molar-refractivity contribution is 0.170. The van der Waals surface area contributed by atoms with Gasteiger partial charge in [0, 0.05) is 24.2 Å². The Hall–Kier alpha value is -0.340. The lowest BCUT2D eigenvalue weighted by Crippen LogP contribution is -2.42. The number of nitrogens with zero attached hydrogens (tertiary/aromatic N) is 1. The third kappa shape index (κ3) is 3.85. The first kappa shape index (κ1) is 16.0. The molecule has 1 aliphatic rings. The van der Waals surface area contributed by atoms with Gasteiger partial charge < -0.3 is 5.11 Å². The molecule has 0 atom stereocenters. The van der Waals surface area contributed by atoms with E-state index in [9.17, 15) is 8.42 Å². The molecule has 112 valence electrons. The highest BCUT2D eigenvalue weighted by Gasteiger charge is 2.27. The number of piperidine rings is 1. The standard InChI is InChI=1S/C12H16BrClN2O3S/c13-11-2-1-10(7-12(11)14)15-20(18,19)16-5-3-9(8-17)4-6-16/h1-2,7,9,15,17H,3-6,8H2. The van der Waals surface area contributed by atoms with Gasteiger partial charge in [0.05, 0.1) is 10.7 Å². The third-order valence-corrected chi connectivity index (χ3v) is 6.11. The molecule has 8 heteroatoms. The van der Waals surface area contributed by atoms with Crippen LogP contribution in [0, 0.1) is 5.92 Å². The van der Waals surface area contributed by atoms with Gasteiger partial charge in [0.25, 0.3) is 0 Å². The quantitative estimate of drug-likeness (QED) is 0.839. The minimum atomic E-state index is -3.57. The molecule has 0 saturated carbocycles. The number of nitrogens with one attached hydrogen (secondary N) is 1. The van der Waals surface area contributed by atoms with Crippen molar-refractivity contribution in [2.24, 2.45) is 5.92 Å². The summed E-state index contributed by atoms with van der Waals surface area (Å²) >= 11 is 9.20. The summed E-state index contributed by atoms with van der Waals surface area (Å²) in [6.07, 6.45) is 1.36. The molecule has 20 heavy (non-hydrogen) atoms. The SMILES string of the molecule is O=S(=O)(Nc1ccc(Br)c(Cl)c1)N1CCC(CO)CC1. The van der Waals surface area contributed by atoms with Crippen molar-refractivity contribution in [3.8, 4) is 0 Å². The summed E-state index contributed by atoms with van der Waals surface area (Å²) in [5.41, 5.74) is 0.433. The number of aliphatic hydroxyl groups excluding tert-OH is 1. The molecular formula is C12H16BrClN2O3S. The van der Waals surface area contributed by atoms with Gasteiger partial charge in [-0.25, -0.2) is 0 Å². The zero-order valence-corrected chi connectivity index (χ0v) is 13.9. The van der Waals surface area contributed by atoms with E-state index in [4.69, 9.17) is 16.7 Å². The number of halogens is 2. The third-order valence-electron chi connectivity index (χ3n) is 3.34. The van der Waals surface area contributed by atoms with Crippen LogP contribution in [0.2, 0.25) is 5.02 Å². The Kier molecular flexibility index (Phi) is 5.30. The van der Waals surface area contributed by atoms with E-state index in [0.29, 0.717) is 41.1 Å². The van der Waals surface area contributed by atoms with Gasteiger partial charge in [0.2, 0.25) is 0 Å². The fraction of sp³-hybridized carbons (Fsp3) is 0.500. The molecule has 0 radical (unpaired) electrons. The molecule has 1 fully saturated rings. The number of hydrogen-bond acceptors (Lipinski definition) is 3. The number of rotatable bonds is 4. The first-order valence-corrected chi connectivity index (χ1v) is 8.87. The Balaban J connectivity index is 2.05. The van der Waals surface area contributed by atoms with Gasteiger partial charge in [-0.1, -0.05) is 11.6 Å². The molecule has 0 unspecified atom stereocenters. The van der Waals surface area contributed by atoms with Crippen LogP contribution in [0.4, 0.5) is 5.69 Å². The highest BCUT2D eigenvalue weighted by Crippen LogP contribution is 2.27. The molecule has 0 aromatic heterocycles. The molecule has 1 aromatic rings. The molecule has 2 N–H and O–H groups in total. The number of hydrogen-bond donors (Lipinski definition) is 2. The Labute approximate surface area is 132 Å². The molecule has 0 aliphatic carbocycles. The van der Waals surface area contributed by atoms with Crippen molar-refractivity contribution in [3.63, 3.8) is 0 Å². The Morgan fingerprint density at radius 3 is 2.60 bits per heavy atom. The maximum absolute atomic E-state index is 12.2. The topological polar surface area (TPSA) is 69.6 Å². The van der Waals surface area contributed by atoms with E-state index in [-0.39, 0.29) is 12.5 Å². The number of benzene rings is 1. The monoisotopic (exact) mass is 382 g/mol. The van der Waals surface area contributed by atoms with Crippen LogP contribution < -0.4 is 4.72 Å². The van der Waals surface area contributed by atoms with Crippen LogP contribution in [0.3, 0.4) is 0 Å². The zero-order chi connectivity index (χ0) is 14.8. The smallest absolute Gasteiger partial charge is 0.301 e. The van der Waals surface area contributed by atoms with E-state index >= 15 is 0 Å². The number of aliphatic hydroxyl groups is 1. The van der Waals surface area contributed by atoms with Crippen LogP contribution in [0.15, 0.2) is 22.7 Å². The van der Waals surface area contributed by atoms with E-state index in [2.05, 4.69) is 20.7 Å². The molecule has 1 aromatic carbocycles.